The van der Waals surface area contributed by atoms with Gasteiger partial charge in [0.2, 0.25) is 0 Å². The fourth-order valence-electron chi connectivity index (χ4n) is 2.70. The molecule has 0 saturated carbocycles. The van der Waals surface area contributed by atoms with Gasteiger partial charge in [-0.1, -0.05) is 36.4 Å². The van der Waals surface area contributed by atoms with E-state index >= 15 is 0 Å². The molecule has 3 nitrogen and oxygen atoms in total. The van der Waals surface area contributed by atoms with Gasteiger partial charge in [0, 0.05) is 11.2 Å². The number of hydrogen-bond donors (Lipinski definition) is 2. The summed E-state index contributed by atoms with van der Waals surface area (Å²) in [6.45, 7) is 2.04. The number of hydrogen-bond acceptors (Lipinski definition) is 3. The van der Waals surface area contributed by atoms with Crippen molar-refractivity contribution >= 4 is 16.9 Å². The summed E-state index contributed by atoms with van der Waals surface area (Å²) in [6, 6.07) is 16.8. The molecule has 0 radical (unpaired) electrons. The highest BCUT2D eigenvalue weighted by atomic mass is 32.2. The average Bonchev–Trinajstić information content (AvgIpc) is 2.93. The van der Waals surface area contributed by atoms with Crippen molar-refractivity contribution in [3.63, 3.8) is 0 Å². The van der Waals surface area contributed by atoms with Crippen LogP contribution < -0.4 is 10.6 Å². The highest BCUT2D eigenvalue weighted by Crippen LogP contribution is 2.29. The number of benzene rings is 2. The summed E-state index contributed by atoms with van der Waals surface area (Å²) in [5.74, 6) is 0.555. The van der Waals surface area contributed by atoms with Gasteiger partial charge in [-0.15, -0.1) is 0 Å². The minimum absolute atomic E-state index is 0.555. The normalized spacial score (nSPS) is 16.3. The van der Waals surface area contributed by atoms with Crippen LogP contribution in [0.4, 0.5) is 5.69 Å². The lowest BCUT2D eigenvalue weighted by Crippen LogP contribution is -2.19. The molecule has 1 unspecified atom stereocenters. The summed E-state index contributed by atoms with van der Waals surface area (Å²) in [7, 11) is 0. The summed E-state index contributed by atoms with van der Waals surface area (Å²) >= 11 is -0.866. The van der Waals surface area contributed by atoms with Gasteiger partial charge in [-0.3, -0.25) is 0 Å². The van der Waals surface area contributed by atoms with Crippen LogP contribution in [0.25, 0.3) is 0 Å². The van der Waals surface area contributed by atoms with Gasteiger partial charge in [0.05, 0.1) is 5.69 Å². The third-order valence-electron chi connectivity index (χ3n) is 3.94. The topological polar surface area (TPSA) is 47.1 Å². The van der Waals surface area contributed by atoms with Crippen molar-refractivity contribution in [3.05, 3.63) is 59.7 Å². The Hall–Kier alpha value is -1.49. The first kappa shape index (κ1) is 15.4. The molecule has 1 atom stereocenters. The molecule has 0 bridgehead atoms. The molecule has 2 N–H and O–H groups in total. The number of rotatable bonds is 7. The molecule has 0 spiro atoms. The number of fused-ring (bicyclic) bond motifs is 1. The van der Waals surface area contributed by atoms with Gasteiger partial charge in [0.1, 0.15) is 0 Å². The zero-order chi connectivity index (χ0) is 15.2. The van der Waals surface area contributed by atoms with E-state index in [0.717, 1.165) is 42.9 Å². The molecule has 1 heterocycles. The van der Waals surface area contributed by atoms with Gasteiger partial charge in [-0.2, -0.15) is 0 Å². The Morgan fingerprint density at radius 1 is 1.00 bits per heavy atom. The molecule has 0 saturated heterocycles. The van der Waals surface area contributed by atoms with Crippen LogP contribution in [0.5, 0.6) is 0 Å². The molecule has 22 heavy (non-hydrogen) atoms. The Bertz CT molecular complexity index is 603. The van der Waals surface area contributed by atoms with Crippen LogP contribution in [-0.4, -0.2) is 23.5 Å². The maximum Gasteiger partial charge on any atom is 0.181 e. The van der Waals surface area contributed by atoms with E-state index in [1.807, 2.05) is 0 Å². The standard InChI is InChI=1S/C18H22N2OS/c21-22-14-20-17-9-8-16(13-18(17)22)7-4-11-19-12-10-15-5-2-1-3-6-15/h1-3,5-6,8-9,13,19-20H,4,7,10-12,14H2. The van der Waals surface area contributed by atoms with E-state index in [1.165, 1.54) is 11.1 Å². The Morgan fingerprint density at radius 2 is 1.86 bits per heavy atom. The van der Waals surface area contributed by atoms with Gasteiger partial charge in [0.25, 0.3) is 0 Å². The van der Waals surface area contributed by atoms with E-state index in [0.29, 0.717) is 5.88 Å². The second-order valence-corrected chi connectivity index (χ2v) is 7.01. The zero-order valence-electron chi connectivity index (χ0n) is 12.7. The number of aryl methyl sites for hydroxylation is 1. The molecule has 4 heteroatoms. The van der Waals surface area contributed by atoms with E-state index in [-0.39, 0.29) is 0 Å². The van der Waals surface area contributed by atoms with Gasteiger partial charge < -0.3 is 15.2 Å². The molecule has 2 aromatic rings. The SMILES string of the molecule is [O-][S+]1CNc2ccc(CCCNCCc3ccccc3)cc21. The molecule has 1 aliphatic heterocycles. The van der Waals surface area contributed by atoms with Gasteiger partial charge >= 0.3 is 0 Å². The van der Waals surface area contributed by atoms with Crippen LogP contribution in [0.15, 0.2) is 53.4 Å². The molecule has 0 aliphatic carbocycles. The fraction of sp³-hybridized carbons (Fsp3) is 0.333. The van der Waals surface area contributed by atoms with Crippen molar-refractivity contribution in [1.82, 2.24) is 5.32 Å². The first-order chi connectivity index (χ1) is 10.8. The predicted octanol–water partition coefficient (Wildman–Crippen LogP) is 2.94. The summed E-state index contributed by atoms with van der Waals surface area (Å²) in [5, 5.41) is 6.66. The van der Waals surface area contributed by atoms with Crippen molar-refractivity contribution in [2.75, 3.05) is 24.3 Å². The van der Waals surface area contributed by atoms with E-state index < -0.39 is 11.2 Å². The fourth-order valence-corrected chi connectivity index (χ4v) is 3.81. The molecule has 3 rings (SSSR count). The minimum atomic E-state index is -0.866. The average molecular weight is 314 g/mol. The lowest BCUT2D eigenvalue weighted by Gasteiger charge is -2.07. The smallest absolute Gasteiger partial charge is 0.181 e. The van der Waals surface area contributed by atoms with Crippen LogP contribution in [0.2, 0.25) is 0 Å². The number of nitrogens with one attached hydrogen (secondary N) is 2. The van der Waals surface area contributed by atoms with Crippen LogP contribution in [0, 0.1) is 0 Å². The highest BCUT2D eigenvalue weighted by molar-refractivity contribution is 7.92. The minimum Gasteiger partial charge on any atom is -0.610 e. The van der Waals surface area contributed by atoms with Crippen LogP contribution in [0.3, 0.4) is 0 Å². The monoisotopic (exact) mass is 314 g/mol. The Balaban J connectivity index is 1.36. The van der Waals surface area contributed by atoms with E-state index in [4.69, 9.17) is 0 Å². The third kappa shape index (κ3) is 4.03. The second-order valence-electron chi connectivity index (χ2n) is 5.59. The molecule has 1 aliphatic rings. The Kier molecular flexibility index (Phi) is 5.38. The summed E-state index contributed by atoms with van der Waals surface area (Å²) in [4.78, 5) is 0.967. The lowest BCUT2D eigenvalue weighted by molar-refractivity contribution is 0.599. The summed E-state index contributed by atoms with van der Waals surface area (Å²) in [5.41, 5.74) is 3.69. The zero-order valence-corrected chi connectivity index (χ0v) is 13.5. The molecular formula is C18H22N2OS. The molecule has 0 aromatic heterocycles. The Morgan fingerprint density at radius 3 is 2.73 bits per heavy atom. The van der Waals surface area contributed by atoms with Crippen molar-refractivity contribution in [2.24, 2.45) is 0 Å². The Labute approximate surface area is 135 Å². The predicted molar refractivity (Wildman–Crippen MR) is 92.7 cm³/mol. The van der Waals surface area contributed by atoms with Crippen LogP contribution in [0.1, 0.15) is 17.5 Å². The second kappa shape index (κ2) is 7.68. The van der Waals surface area contributed by atoms with E-state index in [1.54, 1.807) is 0 Å². The van der Waals surface area contributed by atoms with Gasteiger partial charge in [-0.05, 0) is 55.6 Å². The summed E-state index contributed by atoms with van der Waals surface area (Å²) in [6.07, 6.45) is 3.21. The van der Waals surface area contributed by atoms with Crippen LogP contribution in [-0.2, 0) is 24.0 Å². The first-order valence-electron chi connectivity index (χ1n) is 7.83. The first-order valence-corrected chi connectivity index (χ1v) is 9.14. The molecule has 0 amide bonds. The maximum absolute atomic E-state index is 11.8. The summed E-state index contributed by atoms with van der Waals surface area (Å²) < 4.78 is 11.8. The molecule has 2 aromatic carbocycles. The lowest BCUT2D eigenvalue weighted by atomic mass is 10.1. The molecular weight excluding hydrogens is 292 g/mol. The van der Waals surface area contributed by atoms with Crippen molar-refractivity contribution in [3.8, 4) is 0 Å². The van der Waals surface area contributed by atoms with Gasteiger partial charge in [0.15, 0.2) is 10.8 Å². The third-order valence-corrected chi connectivity index (χ3v) is 5.17. The quantitative estimate of drug-likeness (QED) is 0.610. The molecule has 116 valence electrons. The number of anilines is 1. The van der Waals surface area contributed by atoms with Crippen molar-refractivity contribution in [1.29, 1.82) is 0 Å². The van der Waals surface area contributed by atoms with E-state index in [9.17, 15) is 4.55 Å². The highest BCUT2D eigenvalue weighted by Gasteiger charge is 2.23. The maximum atomic E-state index is 11.8. The van der Waals surface area contributed by atoms with Crippen molar-refractivity contribution < 1.29 is 4.55 Å². The largest absolute Gasteiger partial charge is 0.610 e. The molecule has 0 fully saturated rings. The van der Waals surface area contributed by atoms with Crippen LogP contribution >= 0.6 is 0 Å². The van der Waals surface area contributed by atoms with Gasteiger partial charge in [-0.25, -0.2) is 0 Å². The van der Waals surface area contributed by atoms with E-state index in [2.05, 4.69) is 59.2 Å². The van der Waals surface area contributed by atoms with Crippen molar-refractivity contribution in [2.45, 2.75) is 24.2 Å².